The Kier molecular flexibility index (Phi) is 7.80. The fourth-order valence-corrected chi connectivity index (χ4v) is 4.59. The average Bonchev–Trinajstić information content (AvgIpc) is 3.28. The number of nitrogens with one attached hydrogen (secondary N) is 1. The number of rotatable bonds is 9. The van der Waals surface area contributed by atoms with Gasteiger partial charge in [0.15, 0.2) is 0 Å². The Morgan fingerprint density at radius 3 is 2.70 bits per heavy atom. The number of aliphatic carboxylic acids is 1. The van der Waals surface area contributed by atoms with Crippen LogP contribution in [0.5, 0.6) is 17.4 Å². The van der Waals surface area contributed by atoms with Crippen LogP contribution in [0.15, 0.2) is 42.6 Å². The lowest BCUT2D eigenvalue weighted by molar-refractivity contribution is -0.143. The van der Waals surface area contributed by atoms with Crippen molar-refractivity contribution in [1.82, 2.24) is 29.9 Å². The molecule has 0 unspecified atom stereocenters. The maximum atomic E-state index is 13.5. The first-order chi connectivity index (χ1) is 19.2. The van der Waals surface area contributed by atoms with E-state index in [1.807, 2.05) is 13.0 Å². The molecule has 40 heavy (non-hydrogen) atoms. The molecular weight excluding hydrogens is 524 g/mol. The highest BCUT2D eigenvalue weighted by Gasteiger charge is 2.28. The second-order valence-corrected chi connectivity index (χ2v) is 9.51. The average molecular weight is 552 g/mol. The molecule has 0 bridgehead atoms. The molecule has 1 saturated carbocycles. The molecule has 0 saturated heterocycles. The molecule has 13 heteroatoms. The molecule has 3 aromatic heterocycles. The first-order valence-electron chi connectivity index (χ1n) is 12.7. The first-order valence-corrected chi connectivity index (χ1v) is 12.7. The minimum Gasteiger partial charge on any atom is -0.489 e. The van der Waals surface area contributed by atoms with E-state index >= 15 is 0 Å². The maximum absolute atomic E-state index is 13.5. The summed E-state index contributed by atoms with van der Waals surface area (Å²) in [5.41, 5.74) is 2.50. The van der Waals surface area contributed by atoms with Crippen LogP contribution < -0.4 is 14.8 Å². The number of carboxylic acid groups (broad SMARTS) is 1. The summed E-state index contributed by atoms with van der Waals surface area (Å²) in [5.74, 6) is -1.79. The topological polar surface area (TPSA) is 137 Å². The summed E-state index contributed by atoms with van der Waals surface area (Å²) in [6.45, 7) is 2.07. The van der Waals surface area contributed by atoms with Crippen LogP contribution >= 0.6 is 0 Å². The molecule has 4 aromatic rings. The van der Waals surface area contributed by atoms with E-state index < -0.39 is 17.6 Å². The molecule has 11 nitrogen and oxygen atoms in total. The maximum Gasteiger partial charge on any atom is 0.306 e. The molecule has 2 N–H and O–H groups in total. The van der Waals surface area contributed by atoms with Gasteiger partial charge in [0, 0.05) is 37.5 Å². The number of aryl methyl sites for hydroxylation is 2. The van der Waals surface area contributed by atoms with Crippen LogP contribution in [0.25, 0.3) is 11.4 Å². The van der Waals surface area contributed by atoms with Gasteiger partial charge in [-0.3, -0.25) is 4.79 Å². The van der Waals surface area contributed by atoms with Crippen molar-refractivity contribution in [3.63, 3.8) is 0 Å². The molecule has 1 aliphatic rings. The van der Waals surface area contributed by atoms with Gasteiger partial charge in [-0.25, -0.2) is 23.4 Å². The minimum absolute atomic E-state index is 0.0284. The molecule has 1 aliphatic carbocycles. The quantitative estimate of drug-likeness (QED) is 0.302. The van der Waals surface area contributed by atoms with Crippen LogP contribution in [0.3, 0.4) is 0 Å². The Balaban J connectivity index is 1.27. The number of hydrogen-bond donors (Lipinski definition) is 2. The van der Waals surface area contributed by atoms with E-state index in [2.05, 4.69) is 30.6 Å². The molecule has 5 rings (SSSR count). The van der Waals surface area contributed by atoms with Crippen molar-refractivity contribution in [3.8, 4) is 28.8 Å². The van der Waals surface area contributed by atoms with Crippen LogP contribution in [-0.2, 0) is 18.4 Å². The monoisotopic (exact) mass is 551 g/mol. The Hall–Kier alpha value is -4.68. The lowest BCUT2D eigenvalue weighted by atomic mass is 9.87. The van der Waals surface area contributed by atoms with E-state index in [1.54, 1.807) is 17.8 Å². The van der Waals surface area contributed by atoms with Gasteiger partial charge in [0.2, 0.25) is 11.8 Å². The zero-order chi connectivity index (χ0) is 28.2. The predicted octanol–water partition coefficient (Wildman–Crippen LogP) is 4.68. The zero-order valence-corrected chi connectivity index (χ0v) is 21.8. The third-order valence-corrected chi connectivity index (χ3v) is 6.59. The van der Waals surface area contributed by atoms with Crippen LogP contribution in [0, 0.1) is 24.5 Å². The van der Waals surface area contributed by atoms with E-state index in [0.717, 1.165) is 31.0 Å². The molecule has 3 heterocycles. The number of ether oxygens (including phenoxy) is 2. The summed E-state index contributed by atoms with van der Waals surface area (Å²) in [7, 11) is 1.75. The summed E-state index contributed by atoms with van der Waals surface area (Å²) in [5, 5.41) is 20.8. The summed E-state index contributed by atoms with van der Waals surface area (Å²) in [6.07, 6.45) is 4.05. The Bertz CT molecular complexity index is 1510. The Labute approximate surface area is 228 Å². The van der Waals surface area contributed by atoms with Gasteiger partial charge in [-0.2, -0.15) is 4.98 Å². The van der Waals surface area contributed by atoms with Gasteiger partial charge in [0.1, 0.15) is 28.8 Å². The molecule has 208 valence electrons. The normalized spacial score (nSPS) is 16.9. The van der Waals surface area contributed by atoms with Crippen LogP contribution in [-0.4, -0.2) is 47.1 Å². The fourth-order valence-electron chi connectivity index (χ4n) is 4.59. The predicted molar refractivity (Wildman–Crippen MR) is 139 cm³/mol. The van der Waals surface area contributed by atoms with Crippen molar-refractivity contribution >= 4 is 11.9 Å². The number of pyridine rings is 1. The lowest BCUT2D eigenvalue weighted by Gasteiger charge is -2.27. The number of anilines is 1. The molecule has 2 atom stereocenters. The van der Waals surface area contributed by atoms with Crippen molar-refractivity contribution in [2.24, 2.45) is 13.0 Å². The molecular formula is C27H27F2N7O4. The van der Waals surface area contributed by atoms with Crippen molar-refractivity contribution in [1.29, 1.82) is 0 Å². The zero-order valence-electron chi connectivity index (χ0n) is 21.8. The van der Waals surface area contributed by atoms with E-state index in [1.165, 1.54) is 12.3 Å². The van der Waals surface area contributed by atoms with Crippen LogP contribution in [0.4, 0.5) is 14.7 Å². The second-order valence-electron chi connectivity index (χ2n) is 9.51. The number of carbonyl (C=O) groups is 1. The van der Waals surface area contributed by atoms with Gasteiger partial charge < -0.3 is 19.9 Å². The van der Waals surface area contributed by atoms with Crippen molar-refractivity contribution < 1.29 is 28.2 Å². The number of hydrogen-bond acceptors (Lipinski definition) is 9. The summed E-state index contributed by atoms with van der Waals surface area (Å²) in [6, 6.07) is 7.93. The molecule has 1 fully saturated rings. The number of nitrogens with zero attached hydrogens (tertiary/aromatic N) is 6. The van der Waals surface area contributed by atoms with Gasteiger partial charge in [0.25, 0.3) is 0 Å². The minimum atomic E-state index is -0.783. The summed E-state index contributed by atoms with van der Waals surface area (Å²) in [4.78, 5) is 24.5. The first kappa shape index (κ1) is 26.9. The highest BCUT2D eigenvalue weighted by atomic mass is 19.1. The lowest BCUT2D eigenvalue weighted by Crippen LogP contribution is -2.29. The summed E-state index contributed by atoms with van der Waals surface area (Å²) < 4.78 is 40.2. The van der Waals surface area contributed by atoms with Crippen LogP contribution in [0.2, 0.25) is 0 Å². The number of carboxylic acids is 1. The SMILES string of the molecule is Cc1nc(-c2nnn(C)c2CNc2nccc(Oc3cc(F)cc(F)c3)n2)ccc1O[C@H]1CCC[C@H](C(=O)O)C1. The third kappa shape index (κ3) is 6.30. The number of aromatic nitrogens is 6. The van der Waals surface area contributed by atoms with Gasteiger partial charge >= 0.3 is 5.97 Å². The Morgan fingerprint density at radius 2 is 1.95 bits per heavy atom. The van der Waals surface area contributed by atoms with Gasteiger partial charge in [0.05, 0.1) is 35.6 Å². The number of halogens is 2. The van der Waals surface area contributed by atoms with E-state index in [-0.39, 0.29) is 36.1 Å². The van der Waals surface area contributed by atoms with Crippen molar-refractivity contribution in [2.45, 2.75) is 45.3 Å². The van der Waals surface area contributed by atoms with Crippen LogP contribution in [0.1, 0.15) is 37.1 Å². The number of benzene rings is 1. The Morgan fingerprint density at radius 1 is 1.15 bits per heavy atom. The molecule has 0 amide bonds. The molecule has 0 radical (unpaired) electrons. The molecule has 0 spiro atoms. The van der Waals surface area contributed by atoms with Gasteiger partial charge in [-0.15, -0.1) is 5.10 Å². The van der Waals surface area contributed by atoms with Crippen molar-refractivity contribution in [3.05, 3.63) is 65.6 Å². The second kappa shape index (κ2) is 11.6. The van der Waals surface area contributed by atoms with E-state index in [4.69, 9.17) is 9.47 Å². The molecule has 1 aromatic carbocycles. The fraction of sp³-hybridized carbons (Fsp3) is 0.333. The third-order valence-electron chi connectivity index (χ3n) is 6.59. The summed E-state index contributed by atoms with van der Waals surface area (Å²) >= 11 is 0. The van der Waals surface area contributed by atoms with E-state index in [0.29, 0.717) is 41.4 Å². The van der Waals surface area contributed by atoms with Crippen molar-refractivity contribution in [2.75, 3.05) is 5.32 Å². The highest BCUT2D eigenvalue weighted by Crippen LogP contribution is 2.31. The standard InChI is InChI=1S/C27H27F2N7O4/c1-15-23(39-19-5-3-4-16(10-19)26(37)38)7-6-21(32-15)25-22(36(2)35-34-25)14-31-27-30-9-8-24(33-27)40-20-12-17(28)11-18(29)13-20/h6-9,11-13,16,19H,3-5,10,14H2,1-2H3,(H,37,38)(H,30,31,33)/t16-,19-/m0/s1. The largest absolute Gasteiger partial charge is 0.489 e. The highest BCUT2D eigenvalue weighted by molar-refractivity contribution is 5.70. The molecule has 0 aliphatic heterocycles. The smallest absolute Gasteiger partial charge is 0.306 e. The van der Waals surface area contributed by atoms with E-state index in [9.17, 15) is 18.7 Å². The van der Waals surface area contributed by atoms with Gasteiger partial charge in [-0.1, -0.05) is 5.21 Å². The van der Waals surface area contributed by atoms with Gasteiger partial charge in [-0.05, 0) is 44.7 Å².